The highest BCUT2D eigenvalue weighted by Crippen LogP contribution is 2.10. The van der Waals surface area contributed by atoms with Gasteiger partial charge in [-0.15, -0.1) is 0 Å². The summed E-state index contributed by atoms with van der Waals surface area (Å²) < 4.78 is 0. The quantitative estimate of drug-likeness (QED) is 0.687. The van der Waals surface area contributed by atoms with Crippen LogP contribution in [0.1, 0.15) is 34.8 Å². The first-order valence-corrected chi connectivity index (χ1v) is 4.48. The molecule has 0 aromatic heterocycles. The Morgan fingerprint density at radius 3 is 2.79 bits per heavy atom. The van der Waals surface area contributed by atoms with Gasteiger partial charge in [-0.3, -0.25) is 0 Å². The summed E-state index contributed by atoms with van der Waals surface area (Å²) in [7, 11) is 0. The van der Waals surface area contributed by atoms with Crippen molar-refractivity contribution in [2.75, 3.05) is 0 Å². The molecule has 0 unspecified atom stereocenters. The van der Waals surface area contributed by atoms with Gasteiger partial charge in [-0.25, -0.2) is 4.79 Å². The summed E-state index contributed by atoms with van der Waals surface area (Å²) in [6.45, 7) is 3.85. The van der Waals surface area contributed by atoms with Crippen LogP contribution in [0.3, 0.4) is 0 Å². The zero-order chi connectivity index (χ0) is 10.6. The summed E-state index contributed by atoms with van der Waals surface area (Å²) in [6.07, 6.45) is 0.729. The van der Waals surface area contributed by atoms with Crippen LogP contribution in [0, 0.1) is 18.8 Å². The number of rotatable bonds is 1. The van der Waals surface area contributed by atoms with Crippen molar-refractivity contribution >= 4 is 5.97 Å². The Kier molecular flexibility index (Phi) is 3.30. The van der Waals surface area contributed by atoms with Crippen molar-refractivity contribution in [2.24, 2.45) is 0 Å². The number of hydrogen-bond donors (Lipinski definition) is 1. The molecule has 0 saturated carbocycles. The highest BCUT2D eigenvalue weighted by Gasteiger charge is 2.07. The van der Waals surface area contributed by atoms with Crippen molar-refractivity contribution < 1.29 is 9.90 Å². The van der Waals surface area contributed by atoms with Gasteiger partial charge in [-0.2, -0.15) is 0 Å². The molecule has 0 atom stereocenters. The zero-order valence-corrected chi connectivity index (χ0v) is 8.29. The maximum Gasteiger partial charge on any atom is 0.336 e. The summed E-state index contributed by atoms with van der Waals surface area (Å²) in [4.78, 5) is 10.8. The lowest BCUT2D eigenvalue weighted by Crippen LogP contribution is -2.00. The second-order valence-electron chi connectivity index (χ2n) is 3.01. The molecule has 0 saturated heterocycles. The largest absolute Gasteiger partial charge is 0.478 e. The van der Waals surface area contributed by atoms with E-state index < -0.39 is 5.97 Å². The van der Waals surface area contributed by atoms with E-state index >= 15 is 0 Å². The topological polar surface area (TPSA) is 37.3 Å². The number of carboxylic acid groups (broad SMARTS) is 1. The molecule has 0 aliphatic rings. The Balaban J connectivity index is 3.22. The van der Waals surface area contributed by atoms with Crippen molar-refractivity contribution in [2.45, 2.75) is 20.3 Å². The molecule has 0 aliphatic heterocycles. The molecule has 0 heterocycles. The molecule has 0 radical (unpaired) electrons. The van der Waals surface area contributed by atoms with Gasteiger partial charge in [-0.1, -0.05) is 24.8 Å². The van der Waals surface area contributed by atoms with Crippen molar-refractivity contribution in [1.82, 2.24) is 0 Å². The minimum Gasteiger partial charge on any atom is -0.478 e. The first kappa shape index (κ1) is 10.3. The number of aromatic carboxylic acids is 1. The molecule has 72 valence electrons. The van der Waals surface area contributed by atoms with Gasteiger partial charge in [0.2, 0.25) is 0 Å². The lowest BCUT2D eigenvalue weighted by Gasteiger charge is -1.99. The predicted molar refractivity (Wildman–Crippen MR) is 55.3 cm³/mol. The Bertz CT molecular complexity index is 408. The van der Waals surface area contributed by atoms with Crippen LogP contribution in [0.2, 0.25) is 0 Å². The summed E-state index contributed by atoms with van der Waals surface area (Å²) in [5.74, 6) is 4.80. The van der Waals surface area contributed by atoms with Crippen LogP contribution in [0.15, 0.2) is 18.2 Å². The fourth-order valence-electron chi connectivity index (χ4n) is 1.13. The molecule has 0 spiro atoms. The van der Waals surface area contributed by atoms with Gasteiger partial charge in [0.15, 0.2) is 0 Å². The van der Waals surface area contributed by atoms with Crippen molar-refractivity contribution in [1.29, 1.82) is 0 Å². The van der Waals surface area contributed by atoms with E-state index in [-0.39, 0.29) is 5.56 Å². The highest BCUT2D eigenvalue weighted by molar-refractivity contribution is 5.90. The highest BCUT2D eigenvalue weighted by atomic mass is 16.4. The van der Waals surface area contributed by atoms with E-state index in [1.807, 2.05) is 13.8 Å². The second kappa shape index (κ2) is 4.48. The standard InChI is InChI=1S/C12H12O2/c1-3-4-5-10-8-9(2)6-7-11(10)12(13)14/h6-8H,3H2,1-2H3,(H,13,14). The Hall–Kier alpha value is -1.75. The van der Waals surface area contributed by atoms with E-state index in [4.69, 9.17) is 5.11 Å². The van der Waals surface area contributed by atoms with Gasteiger partial charge in [0.1, 0.15) is 0 Å². The van der Waals surface area contributed by atoms with E-state index in [1.165, 1.54) is 0 Å². The number of aryl methyl sites for hydroxylation is 1. The van der Waals surface area contributed by atoms with Gasteiger partial charge in [-0.05, 0) is 24.6 Å². The monoisotopic (exact) mass is 188 g/mol. The van der Waals surface area contributed by atoms with Gasteiger partial charge in [0.05, 0.1) is 5.56 Å². The van der Waals surface area contributed by atoms with E-state index in [9.17, 15) is 4.79 Å². The molecular formula is C12H12O2. The fraction of sp³-hybridized carbons (Fsp3) is 0.250. The third-order valence-corrected chi connectivity index (χ3v) is 1.81. The molecule has 0 aliphatic carbocycles. The molecule has 1 aromatic rings. The Labute approximate surface area is 83.6 Å². The fourth-order valence-corrected chi connectivity index (χ4v) is 1.13. The molecule has 1 aromatic carbocycles. The van der Waals surface area contributed by atoms with Crippen LogP contribution in [0.4, 0.5) is 0 Å². The van der Waals surface area contributed by atoms with Crippen LogP contribution < -0.4 is 0 Å². The van der Waals surface area contributed by atoms with Crippen molar-refractivity contribution in [3.8, 4) is 11.8 Å². The third-order valence-electron chi connectivity index (χ3n) is 1.81. The molecule has 1 N–H and O–H groups in total. The minimum atomic E-state index is -0.926. The van der Waals surface area contributed by atoms with Gasteiger partial charge in [0.25, 0.3) is 0 Å². The predicted octanol–water partition coefficient (Wildman–Crippen LogP) is 2.45. The summed E-state index contributed by atoms with van der Waals surface area (Å²) in [6, 6.07) is 5.17. The Morgan fingerprint density at radius 1 is 1.50 bits per heavy atom. The summed E-state index contributed by atoms with van der Waals surface area (Å²) in [5, 5.41) is 8.89. The summed E-state index contributed by atoms with van der Waals surface area (Å²) >= 11 is 0. The molecular weight excluding hydrogens is 176 g/mol. The zero-order valence-electron chi connectivity index (χ0n) is 8.29. The number of hydrogen-bond acceptors (Lipinski definition) is 1. The van der Waals surface area contributed by atoms with E-state index in [0.717, 1.165) is 12.0 Å². The molecule has 0 bridgehead atoms. The van der Waals surface area contributed by atoms with Crippen molar-refractivity contribution in [3.63, 3.8) is 0 Å². The third kappa shape index (κ3) is 2.37. The average molecular weight is 188 g/mol. The summed E-state index contributed by atoms with van der Waals surface area (Å²) in [5.41, 5.74) is 1.89. The smallest absolute Gasteiger partial charge is 0.336 e. The number of benzene rings is 1. The van der Waals surface area contributed by atoms with E-state index in [1.54, 1.807) is 18.2 Å². The first-order chi connectivity index (χ1) is 6.65. The first-order valence-electron chi connectivity index (χ1n) is 4.48. The van der Waals surface area contributed by atoms with Crippen LogP contribution in [0.25, 0.3) is 0 Å². The lowest BCUT2D eigenvalue weighted by molar-refractivity contribution is 0.0696. The molecule has 2 heteroatoms. The number of carboxylic acids is 1. The Morgan fingerprint density at radius 2 is 2.21 bits per heavy atom. The molecule has 1 rings (SSSR count). The molecule has 2 nitrogen and oxygen atoms in total. The number of carbonyl (C=O) groups is 1. The minimum absolute atomic E-state index is 0.275. The molecule has 14 heavy (non-hydrogen) atoms. The van der Waals surface area contributed by atoms with Gasteiger partial charge in [0, 0.05) is 12.0 Å². The molecule has 0 fully saturated rings. The van der Waals surface area contributed by atoms with Crippen LogP contribution in [-0.2, 0) is 0 Å². The maximum absolute atomic E-state index is 10.8. The van der Waals surface area contributed by atoms with Crippen molar-refractivity contribution in [3.05, 3.63) is 34.9 Å². The average Bonchev–Trinajstić information content (AvgIpc) is 2.14. The van der Waals surface area contributed by atoms with Gasteiger partial charge < -0.3 is 5.11 Å². The van der Waals surface area contributed by atoms with Gasteiger partial charge >= 0.3 is 5.97 Å². The van der Waals surface area contributed by atoms with Crippen LogP contribution >= 0.6 is 0 Å². The normalized spacial score (nSPS) is 9.00. The van der Waals surface area contributed by atoms with E-state index in [2.05, 4.69) is 11.8 Å². The maximum atomic E-state index is 10.8. The molecule has 0 amide bonds. The lowest BCUT2D eigenvalue weighted by atomic mass is 10.0. The van der Waals surface area contributed by atoms with Crippen LogP contribution in [0.5, 0.6) is 0 Å². The van der Waals surface area contributed by atoms with E-state index in [0.29, 0.717) is 5.56 Å². The second-order valence-corrected chi connectivity index (χ2v) is 3.01. The SMILES string of the molecule is CCC#Cc1cc(C)ccc1C(=O)O. The van der Waals surface area contributed by atoms with Crippen LogP contribution in [-0.4, -0.2) is 11.1 Å².